The van der Waals surface area contributed by atoms with E-state index in [1.807, 2.05) is 0 Å². The Hall–Kier alpha value is -4.75. The van der Waals surface area contributed by atoms with Crippen LogP contribution in [0.15, 0.2) is 42.5 Å². The van der Waals surface area contributed by atoms with Gasteiger partial charge in [-0.05, 0) is 87.9 Å². The van der Waals surface area contributed by atoms with E-state index in [0.29, 0.717) is 51.3 Å². The van der Waals surface area contributed by atoms with E-state index in [4.69, 9.17) is 31.8 Å². The highest BCUT2D eigenvalue weighted by atomic mass is 35.5. The molecule has 14 heteroatoms. The van der Waals surface area contributed by atoms with Crippen molar-refractivity contribution in [2.75, 3.05) is 13.2 Å². The molecule has 11 nitrogen and oxygen atoms in total. The quantitative estimate of drug-likeness (QED) is 0.212. The van der Waals surface area contributed by atoms with Gasteiger partial charge in [-0.15, -0.1) is 8.78 Å². The summed E-state index contributed by atoms with van der Waals surface area (Å²) in [5.74, 6) is -1.08. The second kappa shape index (κ2) is 10.9. The first kappa shape index (κ1) is 31.5. The molecule has 4 N–H and O–H groups in total. The first-order valence-corrected chi connectivity index (χ1v) is 16.3. The summed E-state index contributed by atoms with van der Waals surface area (Å²) in [6.45, 7) is 3.09. The van der Waals surface area contributed by atoms with Crippen molar-refractivity contribution in [3.63, 3.8) is 0 Å². The van der Waals surface area contributed by atoms with Gasteiger partial charge in [-0.1, -0.05) is 11.6 Å². The summed E-state index contributed by atoms with van der Waals surface area (Å²) in [6, 6.07) is 10.8. The number of amides is 2. The number of carbonyl (C=O) groups is 2. The number of pyridine rings is 2. The van der Waals surface area contributed by atoms with Gasteiger partial charge in [0.25, 0.3) is 5.91 Å². The molecular weight excluding hydrogens is 662 g/mol. The third-order valence-electron chi connectivity index (χ3n) is 9.60. The lowest BCUT2D eigenvalue weighted by molar-refractivity contribution is -0.286. The summed E-state index contributed by atoms with van der Waals surface area (Å²) >= 11 is 6.37. The fourth-order valence-corrected chi connectivity index (χ4v) is 6.49. The van der Waals surface area contributed by atoms with Crippen LogP contribution in [0.4, 0.5) is 8.78 Å². The number of aromatic nitrogens is 2. The molecule has 2 saturated carbocycles. The number of nitrogens with zero attached hydrogens (tertiary/aromatic N) is 2. The lowest BCUT2D eigenvalue weighted by Crippen LogP contribution is -2.44. The molecule has 2 aromatic heterocycles. The number of alkyl halides is 2. The molecular formula is C35H31ClF2N4O7. The molecule has 2 atom stereocenters. The van der Waals surface area contributed by atoms with Crippen LogP contribution in [-0.2, 0) is 15.8 Å². The Balaban J connectivity index is 1.17. The molecule has 49 heavy (non-hydrogen) atoms. The summed E-state index contributed by atoms with van der Waals surface area (Å²) in [4.78, 5) is 35.8. The molecule has 1 unspecified atom stereocenters. The van der Waals surface area contributed by atoms with Crippen LogP contribution in [0, 0.1) is 12.8 Å². The Morgan fingerprint density at radius 1 is 1.10 bits per heavy atom. The summed E-state index contributed by atoms with van der Waals surface area (Å²) in [5, 5.41) is 16.3. The largest absolute Gasteiger partial charge is 0.586 e. The van der Waals surface area contributed by atoms with E-state index in [1.54, 1.807) is 38.1 Å². The molecule has 2 aromatic carbocycles. The molecule has 254 valence electrons. The maximum Gasteiger partial charge on any atom is 0.586 e. The van der Waals surface area contributed by atoms with Crippen molar-refractivity contribution in [3.05, 3.63) is 70.0 Å². The van der Waals surface area contributed by atoms with Crippen molar-refractivity contribution in [1.29, 1.82) is 0 Å². The van der Waals surface area contributed by atoms with Crippen molar-refractivity contribution in [2.24, 2.45) is 11.7 Å². The number of nitrogens with two attached hydrogens (primary N) is 1. The smallest absolute Gasteiger partial charge is 0.489 e. The van der Waals surface area contributed by atoms with Crippen molar-refractivity contribution < 1.29 is 42.4 Å². The normalized spacial score (nSPS) is 21.5. The second-order valence-electron chi connectivity index (χ2n) is 13.3. The third-order valence-corrected chi connectivity index (χ3v) is 9.98. The molecule has 0 bridgehead atoms. The molecule has 2 aliphatic heterocycles. The van der Waals surface area contributed by atoms with Crippen molar-refractivity contribution in [3.8, 4) is 34.3 Å². The Labute approximate surface area is 283 Å². The number of aryl methyl sites for hydroxylation is 1. The number of halogens is 3. The predicted octanol–water partition coefficient (Wildman–Crippen LogP) is 5.28. The van der Waals surface area contributed by atoms with E-state index in [0.717, 1.165) is 12.8 Å². The molecule has 0 saturated heterocycles. The Morgan fingerprint density at radius 3 is 2.57 bits per heavy atom. The van der Waals surface area contributed by atoms with Crippen molar-refractivity contribution in [1.82, 2.24) is 15.3 Å². The highest BCUT2D eigenvalue weighted by Crippen LogP contribution is 2.51. The molecule has 2 aliphatic carbocycles. The number of hydrogen-bond donors (Lipinski definition) is 3. The molecule has 2 fully saturated rings. The van der Waals surface area contributed by atoms with E-state index < -0.39 is 29.1 Å². The van der Waals surface area contributed by atoms with Gasteiger partial charge in [-0.3, -0.25) is 9.59 Å². The summed E-state index contributed by atoms with van der Waals surface area (Å²) in [7, 11) is 0. The number of fused-ring (bicyclic) bond motifs is 3. The maximum atomic E-state index is 13.8. The fraction of sp³-hybridized carbons (Fsp3) is 0.371. The van der Waals surface area contributed by atoms with Crippen LogP contribution in [0.3, 0.4) is 0 Å². The van der Waals surface area contributed by atoms with Crippen molar-refractivity contribution >= 4 is 34.3 Å². The lowest BCUT2D eigenvalue weighted by Gasteiger charge is -2.30. The van der Waals surface area contributed by atoms with Gasteiger partial charge in [-0.25, -0.2) is 9.97 Å². The van der Waals surface area contributed by atoms with E-state index >= 15 is 0 Å². The van der Waals surface area contributed by atoms with E-state index in [1.165, 1.54) is 18.2 Å². The van der Waals surface area contributed by atoms with Crippen LogP contribution < -0.4 is 30.0 Å². The summed E-state index contributed by atoms with van der Waals surface area (Å²) < 4.78 is 49.0. The van der Waals surface area contributed by atoms with E-state index in [-0.39, 0.29) is 59.4 Å². The van der Waals surface area contributed by atoms with Gasteiger partial charge < -0.3 is 35.1 Å². The van der Waals surface area contributed by atoms with Crippen molar-refractivity contribution in [2.45, 2.75) is 62.9 Å². The Kier molecular flexibility index (Phi) is 7.00. The maximum absolute atomic E-state index is 13.8. The van der Waals surface area contributed by atoms with Crippen LogP contribution in [0.2, 0.25) is 5.02 Å². The number of hydrogen-bond acceptors (Lipinski definition) is 9. The number of ether oxygens (including phenoxy) is 4. The van der Waals surface area contributed by atoms with Gasteiger partial charge >= 0.3 is 6.29 Å². The number of benzene rings is 2. The highest BCUT2D eigenvalue weighted by Gasteiger charge is 2.50. The minimum atomic E-state index is -3.83. The van der Waals surface area contributed by atoms with Crippen LogP contribution >= 0.6 is 11.6 Å². The van der Waals surface area contributed by atoms with E-state index in [2.05, 4.69) is 19.8 Å². The number of aliphatic hydroxyl groups is 1. The number of rotatable bonds is 9. The van der Waals surface area contributed by atoms with Crippen LogP contribution in [0.5, 0.6) is 23.0 Å². The predicted molar refractivity (Wildman–Crippen MR) is 172 cm³/mol. The Morgan fingerprint density at radius 2 is 1.86 bits per heavy atom. The number of carbonyl (C=O) groups excluding carboxylic acids is 2. The average Bonchev–Trinajstić information content (AvgIpc) is 3.99. The second-order valence-corrected chi connectivity index (χ2v) is 13.8. The lowest BCUT2D eigenvalue weighted by atomic mass is 9.81. The summed E-state index contributed by atoms with van der Waals surface area (Å²) in [6.07, 6.45) is -0.651. The van der Waals surface area contributed by atoms with E-state index in [9.17, 15) is 23.5 Å². The fourth-order valence-electron chi connectivity index (χ4n) is 6.33. The summed E-state index contributed by atoms with van der Waals surface area (Å²) in [5.41, 5.74) is 5.43. The van der Waals surface area contributed by atoms with Gasteiger partial charge in [0.1, 0.15) is 40.3 Å². The molecule has 8 rings (SSSR count). The van der Waals surface area contributed by atoms with Gasteiger partial charge in [-0.2, -0.15) is 0 Å². The molecule has 0 spiro atoms. The topological polar surface area (TPSA) is 155 Å². The third kappa shape index (κ3) is 5.45. The highest BCUT2D eigenvalue weighted by molar-refractivity contribution is 6.31. The van der Waals surface area contributed by atoms with Crippen LogP contribution in [0.25, 0.3) is 22.2 Å². The van der Waals surface area contributed by atoms with Gasteiger partial charge in [0.15, 0.2) is 11.5 Å². The Bertz CT molecular complexity index is 2090. The number of nitrogens with one attached hydrogen (secondary N) is 1. The van der Waals surface area contributed by atoms with Gasteiger partial charge in [0, 0.05) is 22.1 Å². The first-order valence-electron chi connectivity index (χ1n) is 15.9. The molecule has 4 aromatic rings. The zero-order chi connectivity index (χ0) is 34.5. The molecule has 4 heterocycles. The zero-order valence-corrected chi connectivity index (χ0v) is 27.2. The molecule has 4 aliphatic rings. The SMILES string of the molecule is Cc1nc2c(OC3CC3)cc(C(=O)NCC(O)(c3cc4c(c(-c5ccc6c(c5)OC(F)(F)O6)n3)OC[C@]4(C)C(N)=O)C3CC3)cc2cc1Cl. The van der Waals surface area contributed by atoms with Gasteiger partial charge in [0.2, 0.25) is 5.91 Å². The average molecular weight is 693 g/mol. The van der Waals surface area contributed by atoms with Gasteiger partial charge in [0.05, 0.1) is 29.1 Å². The number of primary amides is 1. The molecule has 2 amide bonds. The van der Waals surface area contributed by atoms with Crippen LogP contribution in [-0.4, -0.2) is 52.4 Å². The molecule has 0 radical (unpaired) electrons. The monoisotopic (exact) mass is 692 g/mol. The zero-order valence-electron chi connectivity index (χ0n) is 26.4. The standard InChI is InChI=1S/C35H31ClF2N4O7/c1-16-23(36)10-18-9-19(12-26(28(18)41-16)47-21-6-7-21)31(43)40-14-34(45,20-4-5-20)27-13-22-30(46-15-33(22,2)32(39)44)29(42-27)17-3-8-24-25(11-17)49-35(37,38)48-24/h3,8-13,20-21,45H,4-7,14-15H2,1-2H3,(H2,39,44)(H,40,43)/t33-,34?/m0/s1. The minimum Gasteiger partial charge on any atom is -0.489 e. The van der Waals surface area contributed by atoms with Crippen LogP contribution in [0.1, 0.15) is 59.9 Å². The minimum absolute atomic E-state index is 0.0515. The first-order chi connectivity index (χ1) is 23.2.